The molecule has 0 saturated carbocycles. The molecule has 2 nitrogen and oxygen atoms in total. The van der Waals surface area contributed by atoms with Crippen molar-refractivity contribution >= 4 is 5.69 Å². The predicted octanol–water partition coefficient (Wildman–Crippen LogP) is 3.22. The average molecular weight is 238 g/mol. The highest BCUT2D eigenvalue weighted by atomic mass is 19.1. The molecular formula is C15H11FN2. The molecule has 1 heterocycles. The van der Waals surface area contributed by atoms with E-state index in [1.807, 2.05) is 12.1 Å². The van der Waals surface area contributed by atoms with Crippen LogP contribution in [-0.4, -0.2) is 0 Å². The van der Waals surface area contributed by atoms with Gasteiger partial charge in [0.05, 0.1) is 11.3 Å². The molecule has 0 spiro atoms. The van der Waals surface area contributed by atoms with Crippen molar-refractivity contribution in [3.8, 4) is 6.07 Å². The van der Waals surface area contributed by atoms with Gasteiger partial charge in [0.2, 0.25) is 0 Å². The molecule has 1 aliphatic rings. The number of nitrogens with zero attached hydrogens (tertiary/aromatic N) is 2. The largest absolute Gasteiger partial charge is 0.362 e. The van der Waals surface area contributed by atoms with Crippen LogP contribution in [-0.2, 0) is 13.1 Å². The minimum absolute atomic E-state index is 0.369. The van der Waals surface area contributed by atoms with Gasteiger partial charge >= 0.3 is 0 Å². The summed E-state index contributed by atoms with van der Waals surface area (Å²) in [4.78, 5) is 2.10. The Morgan fingerprint density at radius 2 is 1.72 bits per heavy atom. The van der Waals surface area contributed by atoms with E-state index in [1.165, 1.54) is 23.3 Å². The Bertz CT molecular complexity index is 618. The summed E-state index contributed by atoms with van der Waals surface area (Å²) >= 11 is 0. The normalized spacial score (nSPS) is 13.2. The van der Waals surface area contributed by atoms with E-state index in [1.54, 1.807) is 6.07 Å². The van der Waals surface area contributed by atoms with Crippen molar-refractivity contribution in [3.63, 3.8) is 0 Å². The summed E-state index contributed by atoms with van der Waals surface area (Å²) in [6.45, 7) is 1.55. The quantitative estimate of drug-likeness (QED) is 0.762. The second-order valence-electron chi connectivity index (χ2n) is 4.40. The van der Waals surface area contributed by atoms with Gasteiger partial charge in [-0.3, -0.25) is 0 Å². The maximum atomic E-state index is 13.1. The molecule has 1 aliphatic heterocycles. The number of anilines is 1. The van der Waals surface area contributed by atoms with Crippen LogP contribution in [0.2, 0.25) is 0 Å². The Morgan fingerprint density at radius 1 is 1.06 bits per heavy atom. The minimum Gasteiger partial charge on any atom is -0.362 e. The monoisotopic (exact) mass is 238 g/mol. The second kappa shape index (κ2) is 4.15. The van der Waals surface area contributed by atoms with Crippen molar-refractivity contribution in [2.24, 2.45) is 0 Å². The number of benzene rings is 2. The lowest BCUT2D eigenvalue weighted by atomic mass is 10.1. The smallest absolute Gasteiger partial charge is 0.124 e. The van der Waals surface area contributed by atoms with Crippen molar-refractivity contribution in [2.75, 3.05) is 4.90 Å². The lowest BCUT2D eigenvalue weighted by Crippen LogP contribution is -2.15. The lowest BCUT2D eigenvalue weighted by molar-refractivity contribution is 0.627. The Balaban J connectivity index is 1.98. The molecule has 18 heavy (non-hydrogen) atoms. The van der Waals surface area contributed by atoms with E-state index < -0.39 is 0 Å². The molecule has 0 N–H and O–H groups in total. The maximum Gasteiger partial charge on any atom is 0.124 e. The van der Waals surface area contributed by atoms with Crippen LogP contribution in [0.15, 0.2) is 42.5 Å². The fraction of sp³-hybridized carbons (Fsp3) is 0.133. The molecule has 0 unspecified atom stereocenters. The number of hydrogen-bond donors (Lipinski definition) is 0. The molecule has 0 aromatic heterocycles. The van der Waals surface area contributed by atoms with E-state index >= 15 is 0 Å². The zero-order chi connectivity index (χ0) is 12.5. The summed E-state index contributed by atoms with van der Waals surface area (Å²) in [6, 6.07) is 14.6. The van der Waals surface area contributed by atoms with Crippen LogP contribution in [0.25, 0.3) is 0 Å². The molecule has 0 aliphatic carbocycles. The minimum atomic E-state index is -0.369. The zero-order valence-electron chi connectivity index (χ0n) is 9.73. The van der Waals surface area contributed by atoms with Crippen molar-refractivity contribution in [2.45, 2.75) is 13.1 Å². The van der Waals surface area contributed by atoms with Crippen molar-refractivity contribution < 1.29 is 4.39 Å². The van der Waals surface area contributed by atoms with Gasteiger partial charge in [-0.05, 0) is 29.3 Å². The molecule has 88 valence electrons. The molecule has 0 saturated heterocycles. The van der Waals surface area contributed by atoms with Crippen LogP contribution in [0, 0.1) is 17.1 Å². The topological polar surface area (TPSA) is 27.0 Å². The number of nitriles is 1. The van der Waals surface area contributed by atoms with Gasteiger partial charge in [-0.25, -0.2) is 4.39 Å². The molecule has 0 fully saturated rings. The third kappa shape index (κ3) is 1.72. The van der Waals surface area contributed by atoms with Gasteiger partial charge in [-0.1, -0.05) is 24.3 Å². The van der Waals surface area contributed by atoms with E-state index in [-0.39, 0.29) is 5.82 Å². The maximum absolute atomic E-state index is 13.1. The van der Waals surface area contributed by atoms with Gasteiger partial charge in [-0.15, -0.1) is 0 Å². The van der Waals surface area contributed by atoms with Gasteiger partial charge < -0.3 is 4.90 Å². The fourth-order valence-corrected chi connectivity index (χ4v) is 2.38. The molecule has 0 radical (unpaired) electrons. The number of fused-ring (bicyclic) bond motifs is 1. The SMILES string of the molecule is N#Cc1cc(F)ccc1N1Cc2ccccc2C1. The van der Waals surface area contributed by atoms with Crippen molar-refractivity contribution in [1.82, 2.24) is 0 Å². The first kappa shape index (κ1) is 10.8. The van der Waals surface area contributed by atoms with Crippen molar-refractivity contribution in [3.05, 3.63) is 65.0 Å². The van der Waals surface area contributed by atoms with E-state index in [9.17, 15) is 4.39 Å². The van der Waals surface area contributed by atoms with Crippen LogP contribution >= 0.6 is 0 Å². The van der Waals surface area contributed by atoms with Crippen molar-refractivity contribution in [1.29, 1.82) is 5.26 Å². The Labute approximate surface area is 105 Å². The van der Waals surface area contributed by atoms with Crippen LogP contribution in [0.5, 0.6) is 0 Å². The van der Waals surface area contributed by atoms with Gasteiger partial charge in [0.1, 0.15) is 11.9 Å². The first-order chi connectivity index (χ1) is 8.78. The van der Waals surface area contributed by atoms with Gasteiger partial charge in [0.25, 0.3) is 0 Å². The van der Waals surface area contributed by atoms with E-state index in [4.69, 9.17) is 5.26 Å². The van der Waals surface area contributed by atoms with Crippen LogP contribution in [0.1, 0.15) is 16.7 Å². The standard InChI is InChI=1S/C15H11FN2/c16-14-5-6-15(13(7-14)8-17)18-9-11-3-1-2-4-12(11)10-18/h1-7H,9-10H2. The van der Waals surface area contributed by atoms with Gasteiger partial charge in [-0.2, -0.15) is 5.26 Å². The molecule has 2 aromatic carbocycles. The van der Waals surface area contributed by atoms with Crippen LogP contribution < -0.4 is 4.90 Å². The third-order valence-corrected chi connectivity index (χ3v) is 3.26. The lowest BCUT2D eigenvalue weighted by Gasteiger charge is -2.19. The van der Waals surface area contributed by atoms with Crippen LogP contribution in [0.3, 0.4) is 0 Å². The number of halogens is 1. The molecule has 2 aromatic rings. The molecule has 3 heteroatoms. The first-order valence-corrected chi connectivity index (χ1v) is 5.79. The van der Waals surface area contributed by atoms with Gasteiger partial charge in [0, 0.05) is 13.1 Å². The molecule has 0 atom stereocenters. The van der Waals surface area contributed by atoms with Gasteiger partial charge in [0.15, 0.2) is 0 Å². The summed E-state index contributed by atoms with van der Waals surface area (Å²) in [5.41, 5.74) is 3.73. The highest BCUT2D eigenvalue weighted by Crippen LogP contribution is 2.30. The summed E-state index contributed by atoms with van der Waals surface area (Å²) < 4.78 is 13.1. The molecule has 3 rings (SSSR count). The summed E-state index contributed by atoms with van der Waals surface area (Å²) in [5, 5.41) is 9.08. The predicted molar refractivity (Wildman–Crippen MR) is 67.4 cm³/mol. The summed E-state index contributed by atoms with van der Waals surface area (Å²) in [6.07, 6.45) is 0. The Hall–Kier alpha value is -2.34. The highest BCUT2D eigenvalue weighted by molar-refractivity contribution is 5.61. The summed E-state index contributed by atoms with van der Waals surface area (Å²) in [7, 11) is 0. The zero-order valence-corrected chi connectivity index (χ0v) is 9.73. The molecule has 0 amide bonds. The number of rotatable bonds is 1. The number of hydrogen-bond acceptors (Lipinski definition) is 2. The Kier molecular flexibility index (Phi) is 2.49. The van der Waals surface area contributed by atoms with E-state index in [0.29, 0.717) is 5.56 Å². The average Bonchev–Trinajstić information content (AvgIpc) is 2.82. The Morgan fingerprint density at radius 3 is 2.33 bits per heavy atom. The van der Waals surface area contributed by atoms with Crippen LogP contribution in [0.4, 0.5) is 10.1 Å². The molecular weight excluding hydrogens is 227 g/mol. The molecule has 0 bridgehead atoms. The van der Waals surface area contributed by atoms with E-state index in [0.717, 1.165) is 18.8 Å². The van der Waals surface area contributed by atoms with E-state index in [2.05, 4.69) is 23.1 Å². The summed E-state index contributed by atoms with van der Waals surface area (Å²) in [5.74, 6) is -0.369. The first-order valence-electron chi connectivity index (χ1n) is 5.79. The third-order valence-electron chi connectivity index (χ3n) is 3.26. The highest BCUT2D eigenvalue weighted by Gasteiger charge is 2.20. The second-order valence-corrected chi connectivity index (χ2v) is 4.40. The fourth-order valence-electron chi connectivity index (χ4n) is 2.38.